The van der Waals surface area contributed by atoms with E-state index in [0.29, 0.717) is 12.0 Å². The van der Waals surface area contributed by atoms with Crippen molar-refractivity contribution < 1.29 is 8.98 Å². The van der Waals surface area contributed by atoms with Crippen LogP contribution in [0.5, 0.6) is 0 Å². The van der Waals surface area contributed by atoms with Gasteiger partial charge in [0.05, 0.1) is 6.04 Å². The lowest BCUT2D eigenvalue weighted by Gasteiger charge is -2.33. The second-order valence-electron chi connectivity index (χ2n) is 7.57. The van der Waals surface area contributed by atoms with Crippen molar-refractivity contribution in [3.8, 4) is 0 Å². The summed E-state index contributed by atoms with van der Waals surface area (Å²) in [5.41, 5.74) is 0. The minimum atomic E-state index is -1.68. The highest BCUT2D eigenvalue weighted by atomic mass is 32.2. The molecule has 0 aromatic rings. The van der Waals surface area contributed by atoms with Crippen molar-refractivity contribution in [3.05, 3.63) is 0 Å². The van der Waals surface area contributed by atoms with Gasteiger partial charge in [0.15, 0.2) is 8.32 Å². The van der Waals surface area contributed by atoms with Gasteiger partial charge in [-0.15, -0.1) is 4.72 Å². The van der Waals surface area contributed by atoms with Crippen LogP contribution in [-0.4, -0.2) is 29.8 Å². The smallest absolute Gasteiger partial charge is 0.188 e. The standard InChI is InChI=1S/C14H31NO2SSi/c1-11(2)17-19(6,7)10-13(12-8-9-12)15-18(16)14(3,4)5/h11-13,15H,8-10H2,1-7H3/t13?,18-/m1/s1. The minimum absolute atomic E-state index is 0.197. The monoisotopic (exact) mass is 305 g/mol. The van der Waals surface area contributed by atoms with Crippen LogP contribution in [0.3, 0.4) is 0 Å². The summed E-state index contributed by atoms with van der Waals surface area (Å²) in [6.07, 6.45) is 2.82. The molecule has 1 saturated carbocycles. The fraction of sp³-hybridized carbons (Fsp3) is 1.00. The van der Waals surface area contributed by atoms with Crippen molar-refractivity contribution in [2.45, 2.75) is 83.5 Å². The van der Waals surface area contributed by atoms with Crippen LogP contribution in [0.25, 0.3) is 0 Å². The molecule has 0 spiro atoms. The Bertz CT molecular complexity index is 288. The molecule has 0 amide bonds. The molecule has 19 heavy (non-hydrogen) atoms. The summed E-state index contributed by atoms with van der Waals surface area (Å²) >= 11 is -0.979. The molecule has 1 aliphatic carbocycles. The Morgan fingerprint density at radius 2 is 1.84 bits per heavy atom. The number of hydrogen-bond donors (Lipinski definition) is 1. The lowest BCUT2D eigenvalue weighted by Crippen LogP contribution is -2.49. The topological polar surface area (TPSA) is 44.3 Å². The predicted octanol–water partition coefficient (Wildman–Crippen LogP) is 3.45. The molecule has 0 aromatic carbocycles. The molecule has 0 radical (unpaired) electrons. The van der Waals surface area contributed by atoms with Crippen LogP contribution in [0.1, 0.15) is 47.5 Å². The molecule has 114 valence electrons. The summed E-state index contributed by atoms with van der Waals surface area (Å²) in [4.78, 5) is 0. The van der Waals surface area contributed by atoms with E-state index in [2.05, 4.69) is 31.7 Å². The summed E-state index contributed by atoms with van der Waals surface area (Å²) in [6, 6.07) is 1.41. The molecule has 0 saturated heterocycles. The predicted molar refractivity (Wildman–Crippen MR) is 86.1 cm³/mol. The molecule has 1 N–H and O–H groups in total. The van der Waals surface area contributed by atoms with E-state index in [1.165, 1.54) is 12.8 Å². The Kier molecular flexibility index (Phi) is 5.96. The molecule has 1 fully saturated rings. The van der Waals surface area contributed by atoms with Gasteiger partial charge in [-0.2, -0.15) is 0 Å². The van der Waals surface area contributed by atoms with Crippen molar-refractivity contribution in [2.75, 3.05) is 0 Å². The van der Waals surface area contributed by atoms with Gasteiger partial charge in [-0.1, -0.05) is 0 Å². The van der Waals surface area contributed by atoms with Crippen molar-refractivity contribution in [3.63, 3.8) is 0 Å². The van der Waals surface area contributed by atoms with Gasteiger partial charge >= 0.3 is 0 Å². The van der Waals surface area contributed by atoms with E-state index in [9.17, 15) is 4.55 Å². The highest BCUT2D eigenvalue weighted by Gasteiger charge is 2.41. The van der Waals surface area contributed by atoms with Gasteiger partial charge in [-0.3, -0.25) is 0 Å². The first kappa shape index (κ1) is 17.5. The Hall–Kier alpha value is 0.447. The summed E-state index contributed by atoms with van der Waals surface area (Å²) in [5.74, 6) is 0.703. The first-order valence-corrected chi connectivity index (χ1v) is 11.6. The highest BCUT2D eigenvalue weighted by molar-refractivity contribution is 7.90. The van der Waals surface area contributed by atoms with Gasteiger partial charge in [-0.25, -0.2) is 0 Å². The van der Waals surface area contributed by atoms with E-state index in [0.717, 1.165) is 6.04 Å². The average Bonchev–Trinajstić information content (AvgIpc) is 2.94. The second kappa shape index (κ2) is 6.48. The van der Waals surface area contributed by atoms with E-state index in [4.69, 9.17) is 4.43 Å². The fourth-order valence-electron chi connectivity index (χ4n) is 2.33. The maximum Gasteiger partial charge on any atom is 0.188 e. The third-order valence-corrected chi connectivity index (χ3v) is 7.43. The zero-order valence-electron chi connectivity index (χ0n) is 13.6. The fourth-order valence-corrected chi connectivity index (χ4v) is 6.25. The van der Waals surface area contributed by atoms with Crippen LogP contribution in [0.2, 0.25) is 19.1 Å². The molecule has 0 bridgehead atoms. The normalized spacial score (nSPS) is 20.7. The van der Waals surface area contributed by atoms with Crippen molar-refractivity contribution in [1.29, 1.82) is 0 Å². The first-order chi connectivity index (χ1) is 8.51. The summed E-state index contributed by atoms with van der Waals surface area (Å²) in [6.45, 7) is 14.8. The lowest BCUT2D eigenvalue weighted by molar-refractivity contribution is 0.228. The van der Waals surface area contributed by atoms with Crippen LogP contribution >= 0.6 is 0 Å². The van der Waals surface area contributed by atoms with E-state index < -0.39 is 19.7 Å². The van der Waals surface area contributed by atoms with Crippen molar-refractivity contribution >= 4 is 19.7 Å². The third kappa shape index (κ3) is 6.62. The third-order valence-electron chi connectivity index (χ3n) is 3.27. The summed E-state index contributed by atoms with van der Waals surface area (Å²) in [5, 5.41) is 0. The Morgan fingerprint density at radius 3 is 2.21 bits per heavy atom. The molecular weight excluding hydrogens is 274 g/mol. The second-order valence-corrected chi connectivity index (χ2v) is 13.7. The van der Waals surface area contributed by atoms with Gasteiger partial charge in [0.25, 0.3) is 0 Å². The Morgan fingerprint density at radius 1 is 1.32 bits per heavy atom. The molecule has 3 nitrogen and oxygen atoms in total. The molecule has 5 heteroatoms. The van der Waals surface area contributed by atoms with Gasteiger partial charge in [-0.05, 0) is 72.5 Å². The van der Waals surface area contributed by atoms with Crippen LogP contribution < -0.4 is 4.72 Å². The molecule has 1 unspecified atom stereocenters. The van der Waals surface area contributed by atoms with Crippen LogP contribution in [0.4, 0.5) is 0 Å². The average molecular weight is 306 g/mol. The van der Waals surface area contributed by atoms with Crippen molar-refractivity contribution in [2.24, 2.45) is 5.92 Å². The Balaban J connectivity index is 2.58. The van der Waals surface area contributed by atoms with Gasteiger partial charge in [0, 0.05) is 17.5 Å². The molecule has 1 aliphatic rings. The number of rotatable bonds is 7. The maximum absolute atomic E-state index is 12.3. The molecule has 1 rings (SSSR count). The quantitative estimate of drug-likeness (QED) is 0.579. The summed E-state index contributed by atoms with van der Waals surface area (Å²) in [7, 11) is -1.68. The highest BCUT2D eigenvalue weighted by Crippen LogP contribution is 2.37. The van der Waals surface area contributed by atoms with E-state index >= 15 is 0 Å². The molecule has 2 atom stereocenters. The lowest BCUT2D eigenvalue weighted by atomic mass is 10.2. The first-order valence-electron chi connectivity index (χ1n) is 7.37. The van der Waals surface area contributed by atoms with Crippen LogP contribution in [-0.2, 0) is 15.8 Å². The zero-order chi connectivity index (χ0) is 14.8. The van der Waals surface area contributed by atoms with Gasteiger partial charge in [0.1, 0.15) is 4.75 Å². The number of nitrogens with one attached hydrogen (secondary N) is 1. The molecule has 0 aromatic heterocycles. The van der Waals surface area contributed by atoms with Gasteiger partial charge < -0.3 is 8.98 Å². The van der Waals surface area contributed by atoms with E-state index in [1.54, 1.807) is 0 Å². The molecule has 0 aliphatic heterocycles. The molecular formula is C14H31NO2SSi. The maximum atomic E-state index is 12.3. The SMILES string of the molecule is CC(C)O[Si](C)(C)CC(N[S@+]([O-])C(C)(C)C)C1CC1. The molecule has 0 heterocycles. The number of hydrogen-bond acceptors (Lipinski definition) is 3. The van der Waals surface area contributed by atoms with Crippen LogP contribution in [0.15, 0.2) is 0 Å². The van der Waals surface area contributed by atoms with Crippen molar-refractivity contribution in [1.82, 2.24) is 4.72 Å². The summed E-state index contributed by atoms with van der Waals surface area (Å²) < 4.78 is 21.6. The minimum Gasteiger partial charge on any atom is -0.598 e. The van der Waals surface area contributed by atoms with E-state index in [1.807, 2.05) is 20.8 Å². The zero-order valence-corrected chi connectivity index (χ0v) is 15.4. The van der Waals surface area contributed by atoms with E-state index in [-0.39, 0.29) is 10.9 Å². The van der Waals surface area contributed by atoms with Gasteiger partial charge in [0.2, 0.25) is 0 Å². The largest absolute Gasteiger partial charge is 0.598 e. The Labute approximate surface area is 123 Å². The van der Waals surface area contributed by atoms with Crippen LogP contribution in [0, 0.1) is 5.92 Å².